The van der Waals surface area contributed by atoms with Gasteiger partial charge in [0.15, 0.2) is 0 Å². The Morgan fingerprint density at radius 3 is 2.75 bits per heavy atom. The van der Waals surface area contributed by atoms with Crippen molar-refractivity contribution in [3.8, 4) is 0 Å². The van der Waals surface area contributed by atoms with E-state index in [1.165, 1.54) is 16.8 Å². The Morgan fingerprint density at radius 2 is 2.25 bits per heavy atom. The molecule has 0 aliphatic carbocycles. The van der Waals surface area contributed by atoms with Crippen molar-refractivity contribution in [2.45, 2.75) is 26.3 Å². The summed E-state index contributed by atoms with van der Waals surface area (Å²) in [5.74, 6) is 0. The molecule has 2 rings (SSSR count). The van der Waals surface area contributed by atoms with Gasteiger partial charge >= 0.3 is 0 Å². The lowest BCUT2D eigenvalue weighted by atomic mass is 10.0. The number of aromatic nitrogens is 2. The van der Waals surface area contributed by atoms with Gasteiger partial charge in [-0.25, -0.2) is 0 Å². The fraction of sp³-hybridized carbons (Fsp3) is 0.417. The van der Waals surface area contributed by atoms with E-state index < -0.39 is 0 Å². The zero-order chi connectivity index (χ0) is 11.7. The lowest BCUT2D eigenvalue weighted by molar-refractivity contribution is 0.709. The summed E-state index contributed by atoms with van der Waals surface area (Å²) < 4.78 is 1.92. The zero-order valence-corrected chi connectivity index (χ0v) is 10.7. The van der Waals surface area contributed by atoms with E-state index in [1.807, 2.05) is 18.7 Å². The molecule has 86 valence electrons. The maximum atomic E-state index is 6.19. The smallest absolute Gasteiger partial charge is 0.0629 e. The SMILES string of the molecule is Cc1nn(C)c(C)c1CC(N)c1ccsc1. The molecule has 4 heteroatoms. The van der Waals surface area contributed by atoms with Crippen molar-refractivity contribution in [1.82, 2.24) is 9.78 Å². The summed E-state index contributed by atoms with van der Waals surface area (Å²) in [6, 6.07) is 2.17. The van der Waals surface area contributed by atoms with Crippen LogP contribution >= 0.6 is 11.3 Å². The number of hydrogen-bond acceptors (Lipinski definition) is 3. The highest BCUT2D eigenvalue weighted by atomic mass is 32.1. The van der Waals surface area contributed by atoms with E-state index in [9.17, 15) is 0 Å². The number of nitrogens with zero attached hydrogens (tertiary/aromatic N) is 2. The Balaban J connectivity index is 2.21. The molecule has 2 aromatic rings. The lowest BCUT2D eigenvalue weighted by Gasteiger charge is -2.10. The molecule has 0 aromatic carbocycles. The first-order valence-electron chi connectivity index (χ1n) is 5.36. The van der Waals surface area contributed by atoms with Crippen molar-refractivity contribution in [1.29, 1.82) is 0 Å². The molecule has 0 amide bonds. The fourth-order valence-electron chi connectivity index (χ4n) is 1.94. The van der Waals surface area contributed by atoms with Gasteiger partial charge in [-0.05, 0) is 48.2 Å². The van der Waals surface area contributed by atoms with E-state index in [-0.39, 0.29) is 6.04 Å². The van der Waals surface area contributed by atoms with Crippen LogP contribution in [0.15, 0.2) is 16.8 Å². The Kier molecular flexibility index (Phi) is 3.12. The topological polar surface area (TPSA) is 43.8 Å². The first-order chi connectivity index (χ1) is 7.59. The van der Waals surface area contributed by atoms with Gasteiger partial charge < -0.3 is 5.73 Å². The molecule has 1 atom stereocenters. The largest absolute Gasteiger partial charge is 0.324 e. The van der Waals surface area contributed by atoms with Crippen LogP contribution in [0, 0.1) is 13.8 Å². The summed E-state index contributed by atoms with van der Waals surface area (Å²) >= 11 is 1.69. The molecule has 2 heterocycles. The standard InChI is InChI=1S/C12H17N3S/c1-8-11(9(2)15(3)14-8)6-12(13)10-4-5-16-7-10/h4-5,7,12H,6,13H2,1-3H3. The average Bonchev–Trinajstić information content (AvgIpc) is 2.83. The van der Waals surface area contributed by atoms with E-state index in [2.05, 4.69) is 28.8 Å². The maximum Gasteiger partial charge on any atom is 0.0629 e. The van der Waals surface area contributed by atoms with Gasteiger partial charge in [0.2, 0.25) is 0 Å². The molecule has 0 spiro atoms. The van der Waals surface area contributed by atoms with Crippen molar-refractivity contribution in [2.24, 2.45) is 12.8 Å². The molecule has 2 N–H and O–H groups in total. The van der Waals surface area contributed by atoms with Gasteiger partial charge in [-0.3, -0.25) is 4.68 Å². The molecule has 0 fully saturated rings. The lowest BCUT2D eigenvalue weighted by Crippen LogP contribution is -2.13. The third kappa shape index (κ3) is 2.03. The average molecular weight is 235 g/mol. The summed E-state index contributed by atoms with van der Waals surface area (Å²) in [5, 5.41) is 8.59. The minimum Gasteiger partial charge on any atom is -0.324 e. The minimum atomic E-state index is 0.0767. The Labute approximate surface area is 99.9 Å². The number of hydrogen-bond donors (Lipinski definition) is 1. The summed E-state index contributed by atoms with van der Waals surface area (Å²) in [6.07, 6.45) is 0.863. The van der Waals surface area contributed by atoms with Crippen LogP contribution in [0.3, 0.4) is 0 Å². The van der Waals surface area contributed by atoms with Crippen LogP contribution in [0.5, 0.6) is 0 Å². The highest BCUT2D eigenvalue weighted by Crippen LogP contribution is 2.22. The molecule has 0 aliphatic heterocycles. The quantitative estimate of drug-likeness (QED) is 0.887. The van der Waals surface area contributed by atoms with Crippen molar-refractivity contribution in [3.05, 3.63) is 39.3 Å². The molecule has 0 bridgehead atoms. The second-order valence-corrected chi connectivity index (χ2v) is 4.92. The molecule has 16 heavy (non-hydrogen) atoms. The summed E-state index contributed by atoms with van der Waals surface area (Å²) in [7, 11) is 1.97. The molecule has 0 saturated carbocycles. The van der Waals surface area contributed by atoms with E-state index in [0.29, 0.717) is 0 Å². The molecule has 2 aromatic heterocycles. The normalized spacial score (nSPS) is 13.0. The molecule has 1 unspecified atom stereocenters. The highest BCUT2D eigenvalue weighted by Gasteiger charge is 2.14. The van der Waals surface area contributed by atoms with E-state index in [4.69, 9.17) is 5.73 Å². The van der Waals surface area contributed by atoms with Crippen LogP contribution in [0.2, 0.25) is 0 Å². The van der Waals surface area contributed by atoms with E-state index in [1.54, 1.807) is 11.3 Å². The van der Waals surface area contributed by atoms with Crippen LogP contribution in [0.1, 0.15) is 28.6 Å². The maximum absolute atomic E-state index is 6.19. The predicted molar refractivity (Wildman–Crippen MR) is 67.6 cm³/mol. The highest BCUT2D eigenvalue weighted by molar-refractivity contribution is 7.07. The second kappa shape index (κ2) is 4.39. The van der Waals surface area contributed by atoms with Crippen molar-refractivity contribution in [2.75, 3.05) is 0 Å². The monoisotopic (exact) mass is 235 g/mol. The fourth-order valence-corrected chi connectivity index (χ4v) is 2.66. The third-order valence-corrected chi connectivity index (χ3v) is 3.76. The number of thiophene rings is 1. The number of nitrogens with two attached hydrogens (primary N) is 1. The van der Waals surface area contributed by atoms with Crippen LogP contribution < -0.4 is 5.73 Å². The Morgan fingerprint density at radius 1 is 1.50 bits per heavy atom. The summed E-state index contributed by atoms with van der Waals surface area (Å²) in [4.78, 5) is 0. The van der Waals surface area contributed by atoms with E-state index in [0.717, 1.165) is 12.1 Å². The Bertz CT molecular complexity index is 471. The molecular formula is C12H17N3S. The first-order valence-corrected chi connectivity index (χ1v) is 6.30. The summed E-state index contributed by atoms with van der Waals surface area (Å²) in [6.45, 7) is 4.14. The van der Waals surface area contributed by atoms with Crippen LogP contribution in [-0.4, -0.2) is 9.78 Å². The van der Waals surface area contributed by atoms with Crippen LogP contribution in [0.4, 0.5) is 0 Å². The van der Waals surface area contributed by atoms with Crippen LogP contribution in [-0.2, 0) is 13.5 Å². The minimum absolute atomic E-state index is 0.0767. The zero-order valence-electron chi connectivity index (χ0n) is 9.90. The predicted octanol–water partition coefficient (Wildman–Crippen LogP) is 2.34. The van der Waals surface area contributed by atoms with E-state index >= 15 is 0 Å². The Hall–Kier alpha value is -1.13. The second-order valence-electron chi connectivity index (χ2n) is 4.14. The van der Waals surface area contributed by atoms with Gasteiger partial charge in [-0.15, -0.1) is 0 Å². The van der Waals surface area contributed by atoms with Gasteiger partial charge in [0.1, 0.15) is 0 Å². The number of aryl methyl sites for hydroxylation is 2. The molecular weight excluding hydrogens is 218 g/mol. The molecule has 0 radical (unpaired) electrons. The van der Waals surface area contributed by atoms with Gasteiger partial charge in [-0.1, -0.05) is 0 Å². The number of rotatable bonds is 3. The molecule has 3 nitrogen and oxygen atoms in total. The van der Waals surface area contributed by atoms with Gasteiger partial charge in [0.25, 0.3) is 0 Å². The third-order valence-electron chi connectivity index (χ3n) is 3.05. The van der Waals surface area contributed by atoms with Crippen molar-refractivity contribution >= 4 is 11.3 Å². The van der Waals surface area contributed by atoms with Gasteiger partial charge in [0.05, 0.1) is 5.69 Å². The first kappa shape index (κ1) is 11.4. The van der Waals surface area contributed by atoms with Gasteiger partial charge in [0, 0.05) is 18.8 Å². The molecule has 0 saturated heterocycles. The van der Waals surface area contributed by atoms with Crippen molar-refractivity contribution in [3.63, 3.8) is 0 Å². The van der Waals surface area contributed by atoms with Crippen molar-refractivity contribution < 1.29 is 0 Å². The van der Waals surface area contributed by atoms with Gasteiger partial charge in [-0.2, -0.15) is 16.4 Å². The summed E-state index contributed by atoms with van der Waals surface area (Å²) in [5.41, 5.74) is 11.0. The molecule has 0 aliphatic rings. The van der Waals surface area contributed by atoms with Crippen LogP contribution in [0.25, 0.3) is 0 Å².